The maximum Gasteiger partial charge on any atom is 0.0855 e. The maximum absolute atomic E-state index is 6.30. The Morgan fingerprint density at radius 1 is 1.47 bits per heavy atom. The predicted molar refractivity (Wildman–Crippen MR) is 85.8 cm³/mol. The van der Waals surface area contributed by atoms with Gasteiger partial charge in [-0.3, -0.25) is 4.68 Å². The molecule has 6 heteroatoms. The summed E-state index contributed by atoms with van der Waals surface area (Å²) in [6.45, 7) is 4.82. The molecule has 0 spiro atoms. The van der Waals surface area contributed by atoms with Crippen LogP contribution in [0.5, 0.6) is 0 Å². The largest absolute Gasteiger partial charge is 0.399 e. The lowest BCUT2D eigenvalue weighted by atomic mass is 10.3. The van der Waals surface area contributed by atoms with E-state index in [1.807, 2.05) is 29.8 Å². The Hall–Kier alpha value is -0.650. The van der Waals surface area contributed by atoms with Crippen molar-refractivity contribution in [2.24, 2.45) is 0 Å². The average molecular weight is 361 g/mol. The number of anilines is 1. The van der Waals surface area contributed by atoms with Crippen molar-refractivity contribution in [1.82, 2.24) is 9.78 Å². The highest BCUT2D eigenvalue weighted by Crippen LogP contribution is 2.33. The van der Waals surface area contributed by atoms with E-state index in [4.69, 9.17) is 17.3 Å². The molecule has 19 heavy (non-hydrogen) atoms. The molecular formula is C13H15BrClN3S. The molecule has 1 aromatic carbocycles. The second-order valence-corrected chi connectivity index (χ2v) is 6.39. The second-order valence-electron chi connectivity index (χ2n) is 4.14. The van der Waals surface area contributed by atoms with Crippen LogP contribution in [0.15, 0.2) is 27.6 Å². The van der Waals surface area contributed by atoms with Crippen molar-refractivity contribution in [3.05, 3.63) is 39.1 Å². The molecule has 0 aliphatic heterocycles. The van der Waals surface area contributed by atoms with Crippen LogP contribution in [-0.4, -0.2) is 9.78 Å². The third-order valence-corrected chi connectivity index (χ3v) is 5.27. The molecule has 1 heterocycles. The summed E-state index contributed by atoms with van der Waals surface area (Å²) < 4.78 is 2.96. The van der Waals surface area contributed by atoms with Crippen molar-refractivity contribution >= 4 is 45.0 Å². The van der Waals surface area contributed by atoms with Crippen LogP contribution < -0.4 is 5.73 Å². The summed E-state index contributed by atoms with van der Waals surface area (Å²) in [7, 11) is 0. The van der Waals surface area contributed by atoms with Crippen LogP contribution in [0.1, 0.15) is 18.3 Å². The number of hydrogen-bond donors (Lipinski definition) is 1. The van der Waals surface area contributed by atoms with Crippen molar-refractivity contribution in [2.45, 2.75) is 31.0 Å². The quantitative estimate of drug-likeness (QED) is 0.645. The molecule has 0 aliphatic carbocycles. The fourth-order valence-electron chi connectivity index (χ4n) is 1.79. The standard InChI is InChI=1S/C13H15BrClN3S/c1-3-18-11(13(15)8(2)17-18)7-19-12-5-4-9(16)6-10(12)14/h4-6H,3,7,16H2,1-2H3. The number of nitrogen functional groups attached to an aromatic ring is 1. The molecule has 0 amide bonds. The van der Waals surface area contributed by atoms with Gasteiger partial charge in [-0.05, 0) is 48.0 Å². The SMILES string of the molecule is CCn1nc(C)c(Cl)c1CSc1ccc(N)cc1Br. The molecule has 0 bridgehead atoms. The first kappa shape index (κ1) is 14.8. The third kappa shape index (κ3) is 3.27. The van der Waals surface area contributed by atoms with Gasteiger partial charge in [-0.25, -0.2) is 0 Å². The van der Waals surface area contributed by atoms with Gasteiger partial charge in [-0.15, -0.1) is 11.8 Å². The van der Waals surface area contributed by atoms with Crippen molar-refractivity contribution in [3.63, 3.8) is 0 Å². The minimum Gasteiger partial charge on any atom is -0.399 e. The average Bonchev–Trinajstić information content (AvgIpc) is 2.65. The number of nitrogens with two attached hydrogens (primary N) is 1. The van der Waals surface area contributed by atoms with E-state index in [0.29, 0.717) is 0 Å². The Balaban J connectivity index is 2.18. The van der Waals surface area contributed by atoms with Gasteiger partial charge in [0.1, 0.15) is 0 Å². The first-order valence-electron chi connectivity index (χ1n) is 5.92. The van der Waals surface area contributed by atoms with Crippen LogP contribution in [0.2, 0.25) is 5.02 Å². The molecule has 0 atom stereocenters. The summed E-state index contributed by atoms with van der Waals surface area (Å²) in [6.07, 6.45) is 0. The molecule has 2 rings (SSSR count). The van der Waals surface area contributed by atoms with Gasteiger partial charge in [-0.1, -0.05) is 11.6 Å². The highest BCUT2D eigenvalue weighted by atomic mass is 79.9. The van der Waals surface area contributed by atoms with Gasteiger partial charge in [0.2, 0.25) is 0 Å². The molecule has 0 unspecified atom stereocenters. The van der Waals surface area contributed by atoms with Crippen LogP contribution in [0, 0.1) is 6.92 Å². The molecule has 102 valence electrons. The smallest absolute Gasteiger partial charge is 0.0855 e. The number of halogens is 2. The van der Waals surface area contributed by atoms with E-state index in [2.05, 4.69) is 28.0 Å². The lowest BCUT2D eigenvalue weighted by molar-refractivity contribution is 0.632. The molecule has 0 saturated heterocycles. The van der Waals surface area contributed by atoms with Crippen LogP contribution >= 0.6 is 39.3 Å². The zero-order chi connectivity index (χ0) is 14.0. The summed E-state index contributed by atoms with van der Waals surface area (Å²) in [5.41, 5.74) is 8.44. The Morgan fingerprint density at radius 3 is 2.84 bits per heavy atom. The third-order valence-electron chi connectivity index (χ3n) is 2.77. The number of aryl methyl sites for hydroxylation is 2. The Bertz CT molecular complexity index is 598. The Labute approximate surface area is 130 Å². The van der Waals surface area contributed by atoms with Gasteiger partial charge in [0.05, 0.1) is 16.4 Å². The van der Waals surface area contributed by atoms with Crippen LogP contribution in [0.3, 0.4) is 0 Å². The first-order valence-corrected chi connectivity index (χ1v) is 8.08. The van der Waals surface area contributed by atoms with E-state index >= 15 is 0 Å². The molecule has 0 aliphatic rings. The first-order chi connectivity index (χ1) is 9.02. The van der Waals surface area contributed by atoms with E-state index in [9.17, 15) is 0 Å². The summed E-state index contributed by atoms with van der Waals surface area (Å²) in [5, 5.41) is 5.18. The molecule has 1 aromatic heterocycles. The molecule has 3 nitrogen and oxygen atoms in total. The van der Waals surface area contributed by atoms with E-state index in [1.165, 1.54) is 0 Å². The minimum atomic E-state index is 0.753. The number of benzene rings is 1. The van der Waals surface area contributed by atoms with Gasteiger partial charge in [0.15, 0.2) is 0 Å². The van der Waals surface area contributed by atoms with Gasteiger partial charge in [-0.2, -0.15) is 5.10 Å². The highest BCUT2D eigenvalue weighted by Gasteiger charge is 2.13. The van der Waals surface area contributed by atoms with Crippen LogP contribution in [0.25, 0.3) is 0 Å². The van der Waals surface area contributed by atoms with Crippen molar-refractivity contribution in [3.8, 4) is 0 Å². The zero-order valence-corrected chi connectivity index (χ0v) is 13.9. The van der Waals surface area contributed by atoms with E-state index in [1.54, 1.807) is 11.8 Å². The molecule has 2 aromatic rings. The predicted octanol–water partition coefficient (Wildman–Crippen LogP) is 4.50. The summed E-state index contributed by atoms with van der Waals surface area (Å²) in [6, 6.07) is 5.82. The number of nitrogens with zero attached hydrogens (tertiary/aromatic N) is 2. The molecule has 0 saturated carbocycles. The van der Waals surface area contributed by atoms with Crippen LogP contribution in [-0.2, 0) is 12.3 Å². The Morgan fingerprint density at radius 2 is 2.21 bits per heavy atom. The van der Waals surface area contributed by atoms with E-state index in [-0.39, 0.29) is 0 Å². The highest BCUT2D eigenvalue weighted by molar-refractivity contribution is 9.10. The maximum atomic E-state index is 6.30. The summed E-state index contributed by atoms with van der Waals surface area (Å²) in [4.78, 5) is 1.15. The summed E-state index contributed by atoms with van der Waals surface area (Å²) >= 11 is 11.5. The van der Waals surface area contributed by atoms with Crippen molar-refractivity contribution < 1.29 is 0 Å². The van der Waals surface area contributed by atoms with Gasteiger partial charge in [0.25, 0.3) is 0 Å². The minimum absolute atomic E-state index is 0.753. The number of rotatable bonds is 4. The lowest BCUT2D eigenvalue weighted by Gasteiger charge is -2.07. The van der Waals surface area contributed by atoms with Crippen molar-refractivity contribution in [1.29, 1.82) is 0 Å². The van der Waals surface area contributed by atoms with Crippen molar-refractivity contribution in [2.75, 3.05) is 5.73 Å². The van der Waals surface area contributed by atoms with Gasteiger partial charge >= 0.3 is 0 Å². The fraction of sp³-hybridized carbons (Fsp3) is 0.308. The number of hydrogen-bond acceptors (Lipinski definition) is 3. The molecule has 0 fully saturated rings. The van der Waals surface area contributed by atoms with Gasteiger partial charge < -0.3 is 5.73 Å². The van der Waals surface area contributed by atoms with E-state index in [0.717, 1.165) is 43.8 Å². The molecular weight excluding hydrogens is 346 g/mol. The summed E-state index contributed by atoms with van der Waals surface area (Å²) in [5.74, 6) is 0.788. The normalized spacial score (nSPS) is 10.9. The fourth-order valence-corrected chi connectivity index (χ4v) is 3.76. The second kappa shape index (κ2) is 6.20. The zero-order valence-electron chi connectivity index (χ0n) is 10.8. The molecule has 0 radical (unpaired) electrons. The Kier molecular flexibility index (Phi) is 4.81. The topological polar surface area (TPSA) is 43.8 Å². The van der Waals surface area contributed by atoms with Crippen LogP contribution in [0.4, 0.5) is 5.69 Å². The van der Waals surface area contributed by atoms with E-state index < -0.39 is 0 Å². The number of aromatic nitrogens is 2. The number of thioether (sulfide) groups is 1. The lowest BCUT2D eigenvalue weighted by Crippen LogP contribution is -2.01. The monoisotopic (exact) mass is 359 g/mol. The van der Waals surface area contributed by atoms with Gasteiger partial charge in [0, 0.05) is 27.4 Å². The molecule has 2 N–H and O–H groups in total.